The first-order valence-corrected chi connectivity index (χ1v) is 19.9. The second-order valence-corrected chi connectivity index (χ2v) is 16.1. The summed E-state index contributed by atoms with van der Waals surface area (Å²) in [5.74, 6) is -0.0416. The van der Waals surface area contributed by atoms with Crippen molar-refractivity contribution in [3.8, 4) is 0 Å². The number of hydrogen-bond donors (Lipinski definition) is 1. The fourth-order valence-electron chi connectivity index (χ4n) is 7.54. The Morgan fingerprint density at radius 2 is 1.48 bits per heavy atom. The molecule has 3 aliphatic rings. The van der Waals surface area contributed by atoms with Crippen LogP contribution in [0.5, 0.6) is 0 Å². The Balaban J connectivity index is 0.00000266. The summed E-state index contributed by atoms with van der Waals surface area (Å²) in [6, 6.07) is 33.8. The van der Waals surface area contributed by atoms with Crippen LogP contribution < -0.4 is 21.9 Å². The lowest BCUT2D eigenvalue weighted by atomic mass is 9.81. The molecule has 8 nitrogen and oxygen atoms in total. The van der Waals surface area contributed by atoms with Crippen molar-refractivity contribution in [3.05, 3.63) is 158 Å². The molecule has 2 aliphatic heterocycles. The number of fused-ring (bicyclic) bond motifs is 3. The van der Waals surface area contributed by atoms with Gasteiger partial charge in [-0.2, -0.15) is 4.57 Å². The van der Waals surface area contributed by atoms with Crippen LogP contribution in [0.15, 0.2) is 131 Å². The molecule has 11 heteroatoms. The Kier molecular flexibility index (Phi) is 12.5. The van der Waals surface area contributed by atoms with Crippen molar-refractivity contribution in [3.63, 3.8) is 0 Å². The maximum absolute atomic E-state index is 14.3. The molecular weight excluding hydrogens is 762 g/mol. The van der Waals surface area contributed by atoms with Crippen molar-refractivity contribution in [2.45, 2.75) is 39.8 Å². The Labute approximate surface area is 342 Å². The van der Waals surface area contributed by atoms with Crippen molar-refractivity contribution in [2.75, 3.05) is 37.0 Å². The first kappa shape index (κ1) is 40.8. The van der Waals surface area contributed by atoms with Crippen molar-refractivity contribution in [1.82, 2.24) is 4.90 Å². The van der Waals surface area contributed by atoms with E-state index in [0.717, 1.165) is 31.5 Å². The topological polar surface area (TPSA) is 91.0 Å². The van der Waals surface area contributed by atoms with Gasteiger partial charge in [0.15, 0.2) is 12.3 Å². The van der Waals surface area contributed by atoms with Crippen molar-refractivity contribution in [1.29, 1.82) is 0 Å². The Bertz CT molecular complexity index is 2370. The van der Waals surface area contributed by atoms with E-state index in [1.807, 2.05) is 30.3 Å². The number of benzene rings is 4. The average Bonchev–Trinajstić information content (AvgIpc) is 3.74. The Morgan fingerprint density at radius 1 is 0.821 bits per heavy atom. The molecule has 0 unspecified atom stereocenters. The standard InChI is InChI=1S/C44H40N3O5S2.CH4.ClH/c1-44(2)34-16-8-9-17-35(34)47(28-29-12-4-3-5-13-29)38(44)26-32-40(49)33(27-39-45(20-22-48)36-18-10-11-19-37(36)54-39)41(32)53-25-24-52-23-21-46-42(50)30-14-6-7-15-31(30)43(46)51;;/h3-19,26-27,48H,20-25,28H2,1-2H3;1H4;1H/q+1;;/p-1. The highest BCUT2D eigenvalue weighted by atomic mass is 35.5. The average molecular weight is 806 g/mol. The first-order valence-electron chi connectivity index (χ1n) is 18.1. The molecule has 0 spiro atoms. The SMILES string of the molecule is C.CC1(C)C(=CC2=C(SCCOCCN3C(=O)c4ccccc4C3=O)C(=Cc3sc4ccccc4[n+]3CCO)C2=O)N(Cc2ccccc2)c2ccccc21.[Cl-]. The van der Waals surface area contributed by atoms with E-state index in [0.29, 0.717) is 47.7 Å². The van der Waals surface area contributed by atoms with Crippen LogP contribution in [0.1, 0.15) is 58.1 Å². The van der Waals surface area contributed by atoms with Gasteiger partial charge in [-0.05, 0) is 41.5 Å². The highest BCUT2D eigenvalue weighted by Gasteiger charge is 2.43. The molecule has 5 aromatic rings. The smallest absolute Gasteiger partial charge is 0.263 e. The summed E-state index contributed by atoms with van der Waals surface area (Å²) in [6.45, 7) is 6.26. The quantitative estimate of drug-likeness (QED) is 0.0779. The van der Waals surface area contributed by atoms with E-state index >= 15 is 0 Å². The van der Waals surface area contributed by atoms with Crippen LogP contribution in [0.25, 0.3) is 16.3 Å². The van der Waals surface area contributed by atoms with Gasteiger partial charge in [0.1, 0.15) is 11.3 Å². The number of amides is 2. The molecule has 0 saturated heterocycles. The maximum Gasteiger partial charge on any atom is 0.263 e. The van der Waals surface area contributed by atoms with Crippen LogP contribution in [0.4, 0.5) is 5.69 Å². The summed E-state index contributed by atoms with van der Waals surface area (Å²) in [5, 5.41) is 10.8. The van der Waals surface area contributed by atoms with E-state index in [2.05, 4.69) is 84.0 Å². The van der Waals surface area contributed by atoms with Gasteiger partial charge in [0, 0.05) is 57.3 Å². The van der Waals surface area contributed by atoms with Crippen molar-refractivity contribution < 1.29 is 41.2 Å². The number of Topliss-reactive ketones (excluding diaryl/α,β-unsaturated/α-hetero) is 1. The van der Waals surface area contributed by atoms with Crippen molar-refractivity contribution in [2.24, 2.45) is 0 Å². The molecule has 56 heavy (non-hydrogen) atoms. The zero-order valence-electron chi connectivity index (χ0n) is 30.5. The zero-order chi connectivity index (χ0) is 37.4. The lowest BCUT2D eigenvalue weighted by Crippen LogP contribution is -3.00. The number of anilines is 1. The number of aliphatic hydroxyl groups is 1. The van der Waals surface area contributed by atoms with E-state index in [1.54, 1.807) is 47.4 Å². The molecular formula is C45H44ClN3O5S2. The number of imide groups is 1. The van der Waals surface area contributed by atoms with Crippen LogP contribution in [-0.4, -0.2) is 59.7 Å². The summed E-state index contributed by atoms with van der Waals surface area (Å²) in [6.07, 6.45) is 4.05. The summed E-state index contributed by atoms with van der Waals surface area (Å²) in [4.78, 5) is 44.4. The molecule has 2 amide bonds. The fraction of sp³-hybridized carbons (Fsp3) is 0.244. The van der Waals surface area contributed by atoms with Gasteiger partial charge in [0.25, 0.3) is 16.8 Å². The molecule has 3 heterocycles. The predicted octanol–water partition coefficient (Wildman–Crippen LogP) is 4.97. The molecule has 0 fully saturated rings. The number of allylic oxidation sites excluding steroid dienone is 4. The van der Waals surface area contributed by atoms with E-state index in [1.165, 1.54) is 16.0 Å². The third-order valence-corrected chi connectivity index (χ3v) is 12.5. The van der Waals surface area contributed by atoms with E-state index < -0.39 is 0 Å². The number of thioether (sulfide) groups is 1. The van der Waals surface area contributed by atoms with E-state index in [4.69, 9.17) is 4.74 Å². The van der Waals surface area contributed by atoms with Crippen LogP contribution in [0.2, 0.25) is 0 Å². The molecule has 0 atom stereocenters. The van der Waals surface area contributed by atoms with E-state index in [-0.39, 0.29) is 62.6 Å². The minimum absolute atomic E-state index is 0. The van der Waals surface area contributed by atoms with Crippen molar-refractivity contribution >= 4 is 62.7 Å². The third-order valence-electron chi connectivity index (χ3n) is 10.3. The van der Waals surface area contributed by atoms with E-state index in [9.17, 15) is 19.5 Å². The second-order valence-electron chi connectivity index (χ2n) is 13.9. The highest BCUT2D eigenvalue weighted by Crippen LogP contribution is 2.50. The number of nitrogens with zero attached hydrogens (tertiary/aromatic N) is 3. The number of ketones is 1. The van der Waals surface area contributed by atoms with Crippen LogP contribution >= 0.6 is 23.1 Å². The van der Waals surface area contributed by atoms with Crippen LogP contribution in [0.3, 0.4) is 0 Å². The van der Waals surface area contributed by atoms with Gasteiger partial charge >= 0.3 is 0 Å². The molecule has 0 saturated carbocycles. The number of rotatable bonds is 13. The molecule has 1 N–H and O–H groups in total. The van der Waals surface area contributed by atoms with Gasteiger partial charge in [-0.1, -0.05) is 105 Å². The van der Waals surface area contributed by atoms with Crippen LogP contribution in [-0.2, 0) is 28.0 Å². The summed E-state index contributed by atoms with van der Waals surface area (Å²) < 4.78 is 9.11. The summed E-state index contributed by atoms with van der Waals surface area (Å²) in [5.41, 5.74) is 7.41. The number of thiazole rings is 1. The minimum atomic E-state index is -0.350. The normalized spacial score (nSPS) is 17.0. The second kappa shape index (κ2) is 17.1. The molecule has 1 aromatic heterocycles. The highest BCUT2D eigenvalue weighted by molar-refractivity contribution is 8.03. The molecule has 288 valence electrons. The van der Waals surface area contributed by atoms with Gasteiger partial charge < -0.3 is 27.2 Å². The summed E-state index contributed by atoms with van der Waals surface area (Å²) >= 11 is 3.17. The number of ether oxygens (including phenoxy) is 1. The number of carbonyl (C=O) groups is 3. The van der Waals surface area contributed by atoms with Crippen LogP contribution in [0, 0.1) is 0 Å². The molecule has 1 aliphatic carbocycles. The molecule has 0 bridgehead atoms. The first-order chi connectivity index (χ1) is 26.3. The Morgan fingerprint density at radius 3 is 2.21 bits per heavy atom. The number of hydrogen-bond acceptors (Lipinski definition) is 8. The summed E-state index contributed by atoms with van der Waals surface area (Å²) in [7, 11) is 0. The number of halogens is 1. The number of carbonyl (C=O) groups excluding carboxylic acids is 3. The largest absolute Gasteiger partial charge is 1.00 e. The lowest BCUT2D eigenvalue weighted by Gasteiger charge is -2.30. The third kappa shape index (κ3) is 7.40. The number of aliphatic hydroxyl groups excluding tert-OH is 1. The molecule has 8 rings (SSSR count). The fourth-order valence-corrected chi connectivity index (χ4v) is 9.69. The molecule has 0 radical (unpaired) electrons. The molecule has 4 aromatic carbocycles. The number of para-hydroxylation sites is 2. The maximum atomic E-state index is 14.3. The van der Waals surface area contributed by atoms with Gasteiger partial charge in [-0.15, -0.1) is 11.8 Å². The predicted molar refractivity (Wildman–Crippen MR) is 221 cm³/mol. The minimum Gasteiger partial charge on any atom is -1.00 e. The van der Waals surface area contributed by atoms with Gasteiger partial charge in [0.2, 0.25) is 5.52 Å². The lowest BCUT2D eigenvalue weighted by molar-refractivity contribution is -0.670. The Hall–Kier alpha value is -4.84. The monoisotopic (exact) mass is 805 g/mol. The van der Waals surface area contributed by atoms with Gasteiger partial charge in [0.05, 0.1) is 30.9 Å². The zero-order valence-corrected chi connectivity index (χ0v) is 32.9. The number of aromatic nitrogens is 1. The van der Waals surface area contributed by atoms with Gasteiger partial charge in [-0.3, -0.25) is 19.3 Å². The van der Waals surface area contributed by atoms with Gasteiger partial charge in [-0.25, -0.2) is 0 Å².